The first-order valence-electron chi connectivity index (χ1n) is 8.50. The fraction of sp³-hybridized carbons (Fsp3) is 0.263. The Labute approximate surface area is 167 Å². The summed E-state index contributed by atoms with van der Waals surface area (Å²) in [5.41, 5.74) is 4.07. The van der Waals surface area contributed by atoms with Crippen molar-refractivity contribution in [2.75, 3.05) is 7.11 Å². The number of methoxy groups -OCH3 is 1. The molecule has 0 saturated heterocycles. The van der Waals surface area contributed by atoms with Crippen LogP contribution in [0.4, 0.5) is 0 Å². The maximum atomic E-state index is 13.1. The molecule has 0 aliphatic rings. The number of pyridine rings is 1. The summed E-state index contributed by atoms with van der Waals surface area (Å²) in [5, 5.41) is 9.38. The van der Waals surface area contributed by atoms with E-state index in [1.165, 1.54) is 21.6 Å². The van der Waals surface area contributed by atoms with Crippen LogP contribution in [0.2, 0.25) is 0 Å². The number of hydrogen-bond acceptors (Lipinski definition) is 6. The summed E-state index contributed by atoms with van der Waals surface area (Å²) in [6.07, 6.45) is 0.943. The Bertz CT molecular complexity index is 1210. The van der Waals surface area contributed by atoms with Gasteiger partial charge in [-0.25, -0.2) is 4.98 Å². The molecule has 8 heteroatoms. The number of hydrogen-bond donors (Lipinski definition) is 0. The summed E-state index contributed by atoms with van der Waals surface area (Å²) in [6, 6.07) is 7.78. The molecule has 0 bridgehead atoms. The van der Waals surface area contributed by atoms with Crippen molar-refractivity contribution in [3.05, 3.63) is 55.9 Å². The summed E-state index contributed by atoms with van der Waals surface area (Å²) < 4.78 is 8.11. The third-order valence-corrected chi connectivity index (χ3v) is 6.63. The van der Waals surface area contributed by atoms with Crippen LogP contribution in [-0.4, -0.2) is 27.1 Å². The highest BCUT2D eigenvalue weighted by Gasteiger charge is 2.20. The van der Waals surface area contributed by atoms with Crippen molar-refractivity contribution in [1.29, 1.82) is 0 Å². The highest BCUT2D eigenvalue weighted by Crippen LogP contribution is 2.36. The molecule has 0 fully saturated rings. The molecule has 0 aliphatic heterocycles. The molecule has 4 rings (SSSR count). The Balaban J connectivity index is 2.00. The van der Waals surface area contributed by atoms with Crippen molar-refractivity contribution in [2.24, 2.45) is 0 Å². The van der Waals surface area contributed by atoms with Crippen LogP contribution in [0, 0.1) is 6.92 Å². The zero-order chi connectivity index (χ0) is 19.1. The molecule has 4 aromatic rings. The van der Waals surface area contributed by atoms with Crippen molar-refractivity contribution < 1.29 is 4.74 Å². The monoisotopic (exact) mass is 444 g/mol. The standard InChI is InChI=1S/C19H17BrN4O2S/c1-4-11-5-7-12(8-6-11)24-19(25)17-16(22-23-24)14-13(9-26-3)15(20)10(2)21-18(14)27-17/h5-8H,4,9H2,1-3H3. The summed E-state index contributed by atoms with van der Waals surface area (Å²) in [5.74, 6) is 0. The molecule has 3 aromatic heterocycles. The third-order valence-electron chi connectivity index (χ3n) is 4.52. The van der Waals surface area contributed by atoms with E-state index in [0.29, 0.717) is 22.5 Å². The predicted octanol–water partition coefficient (Wildman–Crippen LogP) is 4.17. The zero-order valence-electron chi connectivity index (χ0n) is 15.1. The maximum absolute atomic E-state index is 13.1. The quantitative estimate of drug-likeness (QED) is 0.472. The van der Waals surface area contributed by atoms with Crippen molar-refractivity contribution in [2.45, 2.75) is 26.9 Å². The number of thiophene rings is 1. The SMILES string of the molecule is CCc1ccc(-n2nnc3c(sc4nc(C)c(Br)c(COC)c43)c2=O)cc1. The van der Waals surface area contributed by atoms with Crippen LogP contribution in [0.5, 0.6) is 0 Å². The molecule has 0 N–H and O–H groups in total. The first-order chi connectivity index (χ1) is 13.0. The molecule has 1 aromatic carbocycles. The Morgan fingerprint density at radius 3 is 2.67 bits per heavy atom. The molecule has 0 saturated carbocycles. The number of benzene rings is 1. The number of fused-ring (bicyclic) bond motifs is 3. The van der Waals surface area contributed by atoms with Gasteiger partial charge in [-0.3, -0.25) is 4.79 Å². The van der Waals surface area contributed by atoms with Gasteiger partial charge in [0, 0.05) is 22.5 Å². The van der Waals surface area contributed by atoms with Crippen LogP contribution < -0.4 is 5.56 Å². The van der Waals surface area contributed by atoms with Crippen molar-refractivity contribution in [3.8, 4) is 5.69 Å². The van der Waals surface area contributed by atoms with E-state index in [2.05, 4.69) is 38.1 Å². The normalized spacial score (nSPS) is 11.6. The molecule has 0 spiro atoms. The Morgan fingerprint density at radius 2 is 2.00 bits per heavy atom. The van der Waals surface area contributed by atoms with Crippen LogP contribution in [0.25, 0.3) is 26.1 Å². The van der Waals surface area contributed by atoms with Gasteiger partial charge in [0.2, 0.25) is 0 Å². The third kappa shape index (κ3) is 2.97. The minimum Gasteiger partial charge on any atom is -0.380 e. The number of ether oxygens (including phenoxy) is 1. The zero-order valence-corrected chi connectivity index (χ0v) is 17.5. The predicted molar refractivity (Wildman–Crippen MR) is 111 cm³/mol. The maximum Gasteiger partial charge on any atom is 0.292 e. The van der Waals surface area contributed by atoms with E-state index in [1.807, 2.05) is 31.2 Å². The van der Waals surface area contributed by atoms with E-state index in [-0.39, 0.29) is 5.56 Å². The van der Waals surface area contributed by atoms with E-state index >= 15 is 0 Å². The minimum atomic E-state index is -0.190. The molecule has 0 atom stereocenters. The highest BCUT2D eigenvalue weighted by molar-refractivity contribution is 9.10. The molecule has 6 nitrogen and oxygen atoms in total. The lowest BCUT2D eigenvalue weighted by Gasteiger charge is -2.08. The highest BCUT2D eigenvalue weighted by atomic mass is 79.9. The van der Waals surface area contributed by atoms with Crippen LogP contribution >= 0.6 is 27.3 Å². The number of aryl methyl sites for hydroxylation is 2. The number of halogens is 1. The molecular weight excluding hydrogens is 428 g/mol. The average Bonchev–Trinajstić information content (AvgIpc) is 3.05. The molecule has 0 amide bonds. The first-order valence-corrected chi connectivity index (χ1v) is 10.1. The largest absolute Gasteiger partial charge is 0.380 e. The number of aromatic nitrogens is 4. The summed E-state index contributed by atoms with van der Waals surface area (Å²) in [4.78, 5) is 18.5. The first kappa shape index (κ1) is 18.2. The Kier molecular flexibility index (Phi) is 4.79. The summed E-state index contributed by atoms with van der Waals surface area (Å²) >= 11 is 4.93. The topological polar surface area (TPSA) is 69.9 Å². The molecule has 0 unspecified atom stereocenters. The van der Waals surface area contributed by atoms with Gasteiger partial charge in [-0.15, -0.1) is 16.4 Å². The van der Waals surface area contributed by atoms with Gasteiger partial charge < -0.3 is 4.74 Å². The summed E-state index contributed by atoms with van der Waals surface area (Å²) in [7, 11) is 1.64. The van der Waals surface area contributed by atoms with Gasteiger partial charge in [0.25, 0.3) is 5.56 Å². The fourth-order valence-corrected chi connectivity index (χ4v) is 4.59. The molecular formula is C19H17BrN4O2S. The lowest BCUT2D eigenvalue weighted by molar-refractivity contribution is 0.185. The Hall–Kier alpha value is -2.16. The van der Waals surface area contributed by atoms with E-state index in [0.717, 1.165) is 32.4 Å². The van der Waals surface area contributed by atoms with Gasteiger partial charge in [-0.05, 0) is 47.0 Å². The van der Waals surface area contributed by atoms with E-state index in [1.54, 1.807) is 7.11 Å². The van der Waals surface area contributed by atoms with Crippen LogP contribution in [-0.2, 0) is 17.8 Å². The van der Waals surface area contributed by atoms with Gasteiger partial charge in [-0.2, -0.15) is 4.68 Å². The van der Waals surface area contributed by atoms with Gasteiger partial charge in [0.05, 0.1) is 18.0 Å². The second-order valence-electron chi connectivity index (χ2n) is 6.21. The van der Waals surface area contributed by atoms with E-state index < -0.39 is 0 Å². The number of nitrogens with zero attached hydrogens (tertiary/aromatic N) is 4. The van der Waals surface area contributed by atoms with Crippen molar-refractivity contribution in [3.63, 3.8) is 0 Å². The molecule has 3 heterocycles. The van der Waals surface area contributed by atoms with Crippen molar-refractivity contribution >= 4 is 47.7 Å². The smallest absolute Gasteiger partial charge is 0.292 e. The van der Waals surface area contributed by atoms with Gasteiger partial charge in [0.15, 0.2) is 0 Å². The van der Waals surface area contributed by atoms with Gasteiger partial charge >= 0.3 is 0 Å². The van der Waals surface area contributed by atoms with E-state index in [4.69, 9.17) is 4.74 Å². The van der Waals surface area contributed by atoms with E-state index in [9.17, 15) is 4.79 Å². The van der Waals surface area contributed by atoms with Gasteiger partial charge in [-0.1, -0.05) is 24.3 Å². The van der Waals surface area contributed by atoms with Crippen LogP contribution in [0.3, 0.4) is 0 Å². The average molecular weight is 445 g/mol. The minimum absolute atomic E-state index is 0.190. The van der Waals surface area contributed by atoms with Crippen molar-refractivity contribution in [1.82, 2.24) is 20.0 Å². The van der Waals surface area contributed by atoms with Gasteiger partial charge in [0.1, 0.15) is 15.0 Å². The molecule has 0 aliphatic carbocycles. The second-order valence-corrected chi connectivity index (χ2v) is 8.00. The molecule has 27 heavy (non-hydrogen) atoms. The fourth-order valence-electron chi connectivity index (χ4n) is 3.08. The van der Waals surface area contributed by atoms with Crippen LogP contribution in [0.1, 0.15) is 23.7 Å². The summed E-state index contributed by atoms with van der Waals surface area (Å²) in [6.45, 7) is 4.41. The lowest BCUT2D eigenvalue weighted by Crippen LogP contribution is -2.21. The second kappa shape index (κ2) is 7.10. The number of rotatable bonds is 4. The molecule has 0 radical (unpaired) electrons. The Morgan fingerprint density at radius 1 is 1.26 bits per heavy atom. The molecule has 138 valence electrons. The van der Waals surface area contributed by atoms with Crippen LogP contribution in [0.15, 0.2) is 33.5 Å². The lowest BCUT2D eigenvalue weighted by atomic mass is 10.1.